The van der Waals surface area contributed by atoms with E-state index in [9.17, 15) is 14.7 Å². The van der Waals surface area contributed by atoms with Gasteiger partial charge in [-0.05, 0) is 30.0 Å². The van der Waals surface area contributed by atoms with Gasteiger partial charge in [0.05, 0.1) is 44.8 Å². The molecule has 240 valence electrons. The van der Waals surface area contributed by atoms with Crippen LogP contribution in [0.2, 0.25) is 5.02 Å². The standard InChI is InChI=1S/C33H34ClF2N7O3/c1-7-21(45)41-11-12-42-18(14-41)13-40(6)29-24-30(26(36)23(25(29)34)22-19(35)9-8-10-20(22)44)43(33(46)39-32(24)42)31-27(16(2)3)37-15-38-28(31)17(4)5/h7-10,15-18,44H,1,11-14H2,2-6H3. The highest BCUT2D eigenvalue weighted by Gasteiger charge is 2.39. The molecule has 0 bridgehead atoms. The first kappa shape index (κ1) is 31.4. The van der Waals surface area contributed by atoms with E-state index in [1.54, 1.807) is 16.8 Å². The van der Waals surface area contributed by atoms with Crippen LogP contribution in [0.5, 0.6) is 5.75 Å². The second-order valence-corrected chi connectivity index (χ2v) is 12.7. The van der Waals surface area contributed by atoms with E-state index < -0.39 is 34.2 Å². The number of halogens is 3. The number of benzene rings is 2. The first-order valence-electron chi connectivity index (χ1n) is 15.1. The van der Waals surface area contributed by atoms with Crippen LogP contribution in [0, 0.1) is 11.6 Å². The van der Waals surface area contributed by atoms with Crippen LogP contribution in [0.15, 0.2) is 42.0 Å². The topological polar surface area (TPSA) is 108 Å². The van der Waals surface area contributed by atoms with Gasteiger partial charge >= 0.3 is 5.69 Å². The van der Waals surface area contributed by atoms with Crippen molar-refractivity contribution < 1.29 is 18.7 Å². The number of phenols is 1. The summed E-state index contributed by atoms with van der Waals surface area (Å²) >= 11 is 7.05. The van der Waals surface area contributed by atoms with Gasteiger partial charge in [0.25, 0.3) is 0 Å². The van der Waals surface area contributed by atoms with Gasteiger partial charge in [-0.25, -0.2) is 23.5 Å². The number of hydrogen-bond donors (Lipinski definition) is 1. The Balaban J connectivity index is 1.81. The highest BCUT2D eigenvalue weighted by molar-refractivity contribution is 6.38. The molecule has 46 heavy (non-hydrogen) atoms. The molecule has 4 aromatic rings. The lowest BCUT2D eigenvalue weighted by Crippen LogP contribution is -2.57. The van der Waals surface area contributed by atoms with Gasteiger partial charge in [0, 0.05) is 38.8 Å². The van der Waals surface area contributed by atoms with Crippen molar-refractivity contribution in [2.24, 2.45) is 0 Å². The van der Waals surface area contributed by atoms with Crippen LogP contribution >= 0.6 is 11.6 Å². The summed E-state index contributed by atoms with van der Waals surface area (Å²) in [6.07, 6.45) is 2.67. The van der Waals surface area contributed by atoms with E-state index in [2.05, 4.69) is 21.5 Å². The SMILES string of the molecule is C=CC(=O)N1CCN2c3nc(=O)n(-c4c(C(C)C)ncnc4C(C)C)c4c(F)c(-c5c(O)cccc5F)c(Cl)c(c34)N(C)CC2C1. The smallest absolute Gasteiger partial charge is 0.354 e. The lowest BCUT2D eigenvalue weighted by Gasteiger charge is -2.41. The summed E-state index contributed by atoms with van der Waals surface area (Å²) in [5, 5.41) is 10.9. The largest absolute Gasteiger partial charge is 0.507 e. The maximum absolute atomic E-state index is 17.5. The molecule has 0 spiro atoms. The zero-order valence-electron chi connectivity index (χ0n) is 26.2. The number of piperazine rings is 1. The molecule has 0 aliphatic carbocycles. The zero-order valence-corrected chi connectivity index (χ0v) is 26.9. The molecular formula is C33H34ClF2N7O3. The first-order chi connectivity index (χ1) is 21.9. The Morgan fingerprint density at radius 2 is 1.74 bits per heavy atom. The van der Waals surface area contributed by atoms with E-state index in [4.69, 9.17) is 11.6 Å². The van der Waals surface area contributed by atoms with E-state index >= 15 is 8.78 Å². The van der Waals surface area contributed by atoms with Gasteiger partial charge in [0.1, 0.15) is 29.2 Å². The number of phenolic OH excluding ortho intramolecular Hbond substituents is 1. The lowest BCUT2D eigenvalue weighted by atomic mass is 9.97. The molecule has 10 nitrogen and oxygen atoms in total. The Morgan fingerprint density at radius 3 is 2.35 bits per heavy atom. The van der Waals surface area contributed by atoms with Crippen molar-refractivity contribution in [1.29, 1.82) is 0 Å². The van der Waals surface area contributed by atoms with Crippen LogP contribution in [0.4, 0.5) is 20.3 Å². The average molecular weight is 650 g/mol. The fourth-order valence-corrected chi connectivity index (χ4v) is 7.06. The van der Waals surface area contributed by atoms with Gasteiger partial charge in [0.15, 0.2) is 5.82 Å². The number of aromatic nitrogens is 4. The summed E-state index contributed by atoms with van der Waals surface area (Å²) < 4.78 is 34.2. The van der Waals surface area contributed by atoms with Crippen LogP contribution < -0.4 is 15.5 Å². The Morgan fingerprint density at radius 1 is 1.07 bits per heavy atom. The number of carbonyl (C=O) groups is 1. The molecule has 1 saturated heterocycles. The van der Waals surface area contributed by atoms with E-state index in [1.165, 1.54) is 29.1 Å². The molecule has 0 saturated carbocycles. The molecule has 1 atom stereocenters. The molecule has 13 heteroatoms. The number of nitrogens with zero attached hydrogens (tertiary/aromatic N) is 7. The quantitative estimate of drug-likeness (QED) is 0.287. The van der Waals surface area contributed by atoms with Crippen molar-refractivity contribution in [2.75, 3.05) is 43.0 Å². The van der Waals surface area contributed by atoms with E-state index in [0.29, 0.717) is 36.7 Å². The molecule has 1 N–H and O–H groups in total. The second-order valence-electron chi connectivity index (χ2n) is 12.3. The second kappa shape index (κ2) is 11.7. The number of hydrogen-bond acceptors (Lipinski definition) is 8. The van der Waals surface area contributed by atoms with Crippen molar-refractivity contribution >= 4 is 39.9 Å². The van der Waals surface area contributed by atoms with E-state index in [0.717, 1.165) is 6.07 Å². The van der Waals surface area contributed by atoms with Crippen LogP contribution in [0.25, 0.3) is 27.7 Å². The summed E-state index contributed by atoms with van der Waals surface area (Å²) in [4.78, 5) is 45.9. The van der Waals surface area contributed by atoms with Crippen molar-refractivity contribution in [3.8, 4) is 22.6 Å². The van der Waals surface area contributed by atoms with Gasteiger partial charge in [0.2, 0.25) is 5.91 Å². The minimum absolute atomic E-state index is 0.155. The van der Waals surface area contributed by atoms with Crippen LogP contribution in [-0.4, -0.2) is 74.7 Å². The van der Waals surface area contributed by atoms with E-state index in [-0.39, 0.29) is 57.8 Å². The van der Waals surface area contributed by atoms with Gasteiger partial charge in [-0.1, -0.05) is 51.9 Å². The highest BCUT2D eigenvalue weighted by Crippen LogP contribution is 2.50. The Hall–Kier alpha value is -4.58. The van der Waals surface area contributed by atoms with Crippen LogP contribution in [0.3, 0.4) is 0 Å². The summed E-state index contributed by atoms with van der Waals surface area (Å²) in [6.45, 7) is 12.5. The van der Waals surface area contributed by atoms with Gasteiger partial charge in [-0.15, -0.1) is 0 Å². The van der Waals surface area contributed by atoms with Crippen molar-refractivity contribution in [3.05, 3.63) is 75.7 Å². The number of aromatic hydroxyl groups is 1. The molecule has 1 amide bonds. The molecule has 0 radical (unpaired) electrons. The van der Waals surface area contributed by atoms with Crippen molar-refractivity contribution in [3.63, 3.8) is 0 Å². The minimum atomic E-state index is -1.01. The third-order valence-electron chi connectivity index (χ3n) is 8.71. The monoisotopic (exact) mass is 649 g/mol. The molecule has 4 heterocycles. The molecule has 1 unspecified atom stereocenters. The third-order valence-corrected chi connectivity index (χ3v) is 9.08. The molecule has 2 aromatic carbocycles. The molecule has 2 aliphatic rings. The number of fused-ring (bicyclic) bond motifs is 2. The predicted molar refractivity (Wildman–Crippen MR) is 174 cm³/mol. The third kappa shape index (κ3) is 4.77. The minimum Gasteiger partial charge on any atom is -0.507 e. The maximum Gasteiger partial charge on any atom is 0.354 e. The molecule has 2 aromatic heterocycles. The number of likely N-dealkylation sites (N-methyl/N-ethyl adjacent to an activating group) is 1. The Kier molecular flexibility index (Phi) is 7.95. The molecular weight excluding hydrogens is 616 g/mol. The zero-order chi connectivity index (χ0) is 33.2. The van der Waals surface area contributed by atoms with Crippen LogP contribution in [-0.2, 0) is 4.79 Å². The summed E-state index contributed by atoms with van der Waals surface area (Å²) in [6, 6.07) is 3.29. The van der Waals surface area contributed by atoms with E-state index in [1.807, 2.05) is 32.6 Å². The highest BCUT2D eigenvalue weighted by atomic mass is 35.5. The first-order valence-corrected chi connectivity index (χ1v) is 15.4. The Labute approximate surface area is 269 Å². The summed E-state index contributed by atoms with van der Waals surface area (Å²) in [5.41, 5.74) is -0.215. The molecule has 6 rings (SSSR count). The number of rotatable bonds is 5. The normalized spacial score (nSPS) is 16.3. The Bertz CT molecular complexity index is 1930. The van der Waals surface area contributed by atoms with Crippen molar-refractivity contribution in [2.45, 2.75) is 45.6 Å². The van der Waals surface area contributed by atoms with Gasteiger partial charge in [-0.3, -0.25) is 9.36 Å². The predicted octanol–water partition coefficient (Wildman–Crippen LogP) is 5.38. The average Bonchev–Trinajstić information content (AvgIpc) is 3.13. The maximum atomic E-state index is 17.5. The fraction of sp³-hybridized carbons (Fsp3) is 0.364. The lowest BCUT2D eigenvalue weighted by molar-refractivity contribution is -0.126. The summed E-state index contributed by atoms with van der Waals surface area (Å²) in [7, 11) is 1.76. The van der Waals surface area contributed by atoms with Crippen LogP contribution in [0.1, 0.15) is 50.9 Å². The van der Waals surface area contributed by atoms with Crippen molar-refractivity contribution in [1.82, 2.24) is 24.4 Å². The molecule has 2 aliphatic heterocycles. The molecule has 1 fully saturated rings. The number of carbonyl (C=O) groups excluding carboxylic acids is 1. The van der Waals surface area contributed by atoms with Gasteiger partial charge < -0.3 is 19.8 Å². The summed E-state index contributed by atoms with van der Waals surface area (Å²) in [5.74, 6) is -2.84. The fourth-order valence-electron chi connectivity index (χ4n) is 6.64. The van der Waals surface area contributed by atoms with Gasteiger partial charge in [-0.2, -0.15) is 4.98 Å². The number of amides is 1. The number of anilines is 2.